The standard InChI is InChI=1S/C18H24ClN7O2/c1-24(2)17(14-4-3-5-15(19)8-14)18(28)25-7-6-13(10-25)9-20-16(27)11-26-22-12-21-23-26/h3-5,8,12-13,17H,6-7,9-11H2,1-2H3,(H,20,27). The molecule has 1 aliphatic heterocycles. The molecule has 2 unspecified atom stereocenters. The maximum atomic E-state index is 13.1. The number of tetrazole rings is 1. The SMILES string of the molecule is CN(C)C(C(=O)N1CCC(CNC(=O)Cn2ncnn2)C1)c1cccc(Cl)c1. The lowest BCUT2D eigenvalue weighted by Crippen LogP contribution is -2.40. The number of nitrogens with zero attached hydrogens (tertiary/aromatic N) is 6. The van der Waals surface area contributed by atoms with Crippen LogP contribution in [0.5, 0.6) is 0 Å². The number of carbonyl (C=O) groups is 2. The molecule has 9 nitrogen and oxygen atoms in total. The van der Waals surface area contributed by atoms with Gasteiger partial charge >= 0.3 is 0 Å². The van der Waals surface area contributed by atoms with E-state index in [0.717, 1.165) is 12.0 Å². The second-order valence-electron chi connectivity index (χ2n) is 7.13. The Kier molecular flexibility index (Phi) is 6.58. The van der Waals surface area contributed by atoms with Gasteiger partial charge in [0.25, 0.3) is 0 Å². The van der Waals surface area contributed by atoms with Crippen LogP contribution in [0.1, 0.15) is 18.0 Å². The molecule has 0 spiro atoms. The van der Waals surface area contributed by atoms with Gasteiger partial charge in [0, 0.05) is 24.7 Å². The molecule has 1 aromatic carbocycles. The number of carbonyl (C=O) groups excluding carboxylic acids is 2. The number of nitrogens with one attached hydrogen (secondary N) is 1. The van der Waals surface area contributed by atoms with Crippen LogP contribution < -0.4 is 5.32 Å². The summed E-state index contributed by atoms with van der Waals surface area (Å²) in [6.45, 7) is 1.84. The van der Waals surface area contributed by atoms with E-state index in [1.165, 1.54) is 11.1 Å². The topological polar surface area (TPSA) is 96.2 Å². The fourth-order valence-corrected chi connectivity index (χ4v) is 3.61. The van der Waals surface area contributed by atoms with Crippen molar-refractivity contribution < 1.29 is 9.59 Å². The van der Waals surface area contributed by atoms with E-state index in [2.05, 4.69) is 20.7 Å². The van der Waals surface area contributed by atoms with Crippen LogP contribution in [-0.2, 0) is 16.1 Å². The first kappa shape index (κ1) is 20.2. The van der Waals surface area contributed by atoms with Gasteiger partial charge < -0.3 is 10.2 Å². The van der Waals surface area contributed by atoms with E-state index in [0.29, 0.717) is 24.7 Å². The number of amides is 2. The molecule has 2 aromatic rings. The third-order valence-electron chi connectivity index (χ3n) is 4.78. The number of benzene rings is 1. The zero-order valence-corrected chi connectivity index (χ0v) is 16.7. The van der Waals surface area contributed by atoms with Crippen molar-refractivity contribution in [2.24, 2.45) is 5.92 Å². The highest BCUT2D eigenvalue weighted by Crippen LogP contribution is 2.26. The molecule has 0 saturated carbocycles. The van der Waals surface area contributed by atoms with Crippen molar-refractivity contribution in [2.75, 3.05) is 33.7 Å². The van der Waals surface area contributed by atoms with Crippen molar-refractivity contribution in [3.05, 3.63) is 41.2 Å². The normalized spacial score (nSPS) is 17.7. The van der Waals surface area contributed by atoms with E-state index in [9.17, 15) is 9.59 Å². The second kappa shape index (κ2) is 9.11. The van der Waals surface area contributed by atoms with Crippen molar-refractivity contribution in [3.63, 3.8) is 0 Å². The Hall–Kier alpha value is -2.52. The van der Waals surface area contributed by atoms with E-state index in [-0.39, 0.29) is 30.3 Å². The van der Waals surface area contributed by atoms with Crippen LogP contribution in [0, 0.1) is 5.92 Å². The Morgan fingerprint density at radius 3 is 2.89 bits per heavy atom. The molecule has 0 bridgehead atoms. The van der Waals surface area contributed by atoms with Gasteiger partial charge in [0.2, 0.25) is 11.8 Å². The van der Waals surface area contributed by atoms with Crippen molar-refractivity contribution >= 4 is 23.4 Å². The summed E-state index contributed by atoms with van der Waals surface area (Å²) in [6, 6.07) is 7.01. The zero-order valence-electron chi connectivity index (χ0n) is 16.0. The highest BCUT2D eigenvalue weighted by molar-refractivity contribution is 6.30. The summed E-state index contributed by atoms with van der Waals surface area (Å²) in [4.78, 5) is 30.1. The maximum absolute atomic E-state index is 13.1. The van der Waals surface area contributed by atoms with E-state index < -0.39 is 0 Å². The average molecular weight is 406 g/mol. The molecule has 3 rings (SSSR count). The van der Waals surface area contributed by atoms with Crippen LogP contribution in [0.3, 0.4) is 0 Å². The number of hydrogen-bond acceptors (Lipinski definition) is 6. The lowest BCUT2D eigenvalue weighted by atomic mass is 10.0. The van der Waals surface area contributed by atoms with Crippen molar-refractivity contribution in [1.82, 2.24) is 35.3 Å². The summed E-state index contributed by atoms with van der Waals surface area (Å²) in [5.74, 6) is 0.0968. The van der Waals surface area contributed by atoms with Gasteiger partial charge in [-0.3, -0.25) is 14.5 Å². The van der Waals surface area contributed by atoms with Gasteiger partial charge in [0.15, 0.2) is 6.33 Å². The predicted octanol–water partition coefficient (Wildman–Crippen LogP) is 0.594. The summed E-state index contributed by atoms with van der Waals surface area (Å²) in [5, 5.41) is 14.5. The summed E-state index contributed by atoms with van der Waals surface area (Å²) < 4.78 is 0. The monoisotopic (exact) mass is 405 g/mol. The fourth-order valence-electron chi connectivity index (χ4n) is 3.41. The van der Waals surface area contributed by atoms with Crippen LogP contribution in [0.4, 0.5) is 0 Å². The average Bonchev–Trinajstić information content (AvgIpc) is 3.31. The van der Waals surface area contributed by atoms with Gasteiger partial charge in [-0.15, -0.1) is 10.2 Å². The third-order valence-corrected chi connectivity index (χ3v) is 5.01. The molecule has 2 heterocycles. The van der Waals surface area contributed by atoms with Gasteiger partial charge in [0.1, 0.15) is 12.6 Å². The second-order valence-corrected chi connectivity index (χ2v) is 7.57. The number of rotatable bonds is 7. The molecule has 2 atom stereocenters. The highest BCUT2D eigenvalue weighted by Gasteiger charge is 2.33. The predicted molar refractivity (Wildman–Crippen MR) is 103 cm³/mol. The molecule has 1 N–H and O–H groups in total. The molecule has 150 valence electrons. The minimum absolute atomic E-state index is 0.0346. The fraction of sp³-hybridized carbons (Fsp3) is 0.500. The third kappa shape index (κ3) is 5.05. The first-order chi connectivity index (χ1) is 13.4. The molecule has 0 radical (unpaired) electrons. The van der Waals surface area contributed by atoms with Crippen LogP contribution in [0.25, 0.3) is 0 Å². The molecule has 1 fully saturated rings. The number of aromatic nitrogens is 4. The van der Waals surface area contributed by atoms with Crippen LogP contribution in [0.15, 0.2) is 30.6 Å². The van der Waals surface area contributed by atoms with E-state index in [1.807, 2.05) is 42.1 Å². The molecule has 1 aromatic heterocycles. The van der Waals surface area contributed by atoms with Gasteiger partial charge in [-0.05, 0) is 49.3 Å². The Morgan fingerprint density at radius 2 is 2.21 bits per heavy atom. The zero-order chi connectivity index (χ0) is 20.1. The molecule has 2 amide bonds. The molecule has 28 heavy (non-hydrogen) atoms. The molecule has 1 aliphatic rings. The largest absolute Gasteiger partial charge is 0.354 e. The van der Waals surface area contributed by atoms with E-state index in [1.54, 1.807) is 6.07 Å². The number of likely N-dealkylation sites (tertiary alicyclic amines) is 1. The first-order valence-electron chi connectivity index (χ1n) is 9.12. The first-order valence-corrected chi connectivity index (χ1v) is 9.50. The lowest BCUT2D eigenvalue weighted by Gasteiger charge is -2.28. The molecular weight excluding hydrogens is 382 g/mol. The van der Waals surface area contributed by atoms with Gasteiger partial charge in [-0.1, -0.05) is 23.7 Å². The van der Waals surface area contributed by atoms with Crippen molar-refractivity contribution in [1.29, 1.82) is 0 Å². The lowest BCUT2D eigenvalue weighted by molar-refractivity contribution is -0.135. The molecule has 0 aliphatic carbocycles. The molecule has 1 saturated heterocycles. The van der Waals surface area contributed by atoms with Gasteiger partial charge in [0.05, 0.1) is 0 Å². The number of halogens is 1. The minimum Gasteiger partial charge on any atom is -0.354 e. The Balaban J connectivity index is 1.54. The summed E-state index contributed by atoms with van der Waals surface area (Å²) in [7, 11) is 3.77. The Morgan fingerprint density at radius 1 is 1.39 bits per heavy atom. The van der Waals surface area contributed by atoms with Crippen LogP contribution in [0.2, 0.25) is 5.02 Å². The van der Waals surface area contributed by atoms with Crippen molar-refractivity contribution in [2.45, 2.75) is 19.0 Å². The summed E-state index contributed by atoms with van der Waals surface area (Å²) in [6.07, 6.45) is 2.14. The summed E-state index contributed by atoms with van der Waals surface area (Å²) >= 11 is 6.10. The highest BCUT2D eigenvalue weighted by atomic mass is 35.5. The van der Waals surface area contributed by atoms with Gasteiger partial charge in [-0.25, -0.2) is 0 Å². The Bertz CT molecular complexity index is 812. The van der Waals surface area contributed by atoms with E-state index >= 15 is 0 Å². The summed E-state index contributed by atoms with van der Waals surface area (Å²) in [5.41, 5.74) is 0.875. The van der Waals surface area contributed by atoms with Crippen LogP contribution in [-0.4, -0.2) is 75.6 Å². The minimum atomic E-state index is -0.384. The molecular formula is C18H24ClN7O2. The maximum Gasteiger partial charge on any atom is 0.244 e. The number of hydrogen-bond donors (Lipinski definition) is 1. The van der Waals surface area contributed by atoms with E-state index in [4.69, 9.17) is 11.6 Å². The van der Waals surface area contributed by atoms with Gasteiger partial charge in [-0.2, -0.15) is 4.80 Å². The number of likely N-dealkylation sites (N-methyl/N-ethyl adjacent to an activating group) is 1. The quantitative estimate of drug-likeness (QED) is 0.724. The Labute approximate surface area is 168 Å². The van der Waals surface area contributed by atoms with Crippen molar-refractivity contribution in [3.8, 4) is 0 Å². The molecule has 10 heteroatoms. The van der Waals surface area contributed by atoms with Crippen LogP contribution >= 0.6 is 11.6 Å². The smallest absolute Gasteiger partial charge is 0.244 e.